The minimum absolute atomic E-state index is 0.0286. The minimum atomic E-state index is -1.60. The predicted octanol–water partition coefficient (Wildman–Crippen LogP) is 2.63. The Labute approximate surface area is 201 Å². The van der Waals surface area contributed by atoms with Crippen LogP contribution in [0.15, 0.2) is 47.5 Å². The van der Waals surface area contributed by atoms with Crippen molar-refractivity contribution in [3.63, 3.8) is 0 Å². The highest BCUT2D eigenvalue weighted by atomic mass is 32.2. The highest BCUT2D eigenvalue weighted by molar-refractivity contribution is 7.82. The number of pyridine rings is 1. The number of carbonyl (C=O) groups excluding carboxylic acids is 1. The Balaban J connectivity index is 1.36. The summed E-state index contributed by atoms with van der Waals surface area (Å²) in [6.45, 7) is 1.79. The third-order valence-electron chi connectivity index (χ3n) is 6.78. The molecule has 34 heavy (non-hydrogen) atoms. The third kappa shape index (κ3) is 4.52. The van der Waals surface area contributed by atoms with Crippen molar-refractivity contribution in [2.75, 3.05) is 26.7 Å². The van der Waals surface area contributed by atoms with E-state index < -0.39 is 22.8 Å². The molecule has 4 unspecified atom stereocenters. The van der Waals surface area contributed by atoms with Gasteiger partial charge in [0.1, 0.15) is 22.3 Å². The average Bonchev–Trinajstić information content (AvgIpc) is 3.11. The number of nitrogens with one attached hydrogen (secondary N) is 1. The summed E-state index contributed by atoms with van der Waals surface area (Å²) in [5, 5.41) is 0. The zero-order valence-corrected chi connectivity index (χ0v) is 19.9. The Bertz CT molecular complexity index is 1070. The van der Waals surface area contributed by atoms with Gasteiger partial charge in [0.05, 0.1) is 10.6 Å². The van der Waals surface area contributed by atoms with E-state index in [1.165, 1.54) is 12.1 Å². The molecule has 1 aromatic carbocycles. The van der Waals surface area contributed by atoms with E-state index in [-0.39, 0.29) is 17.8 Å². The third-order valence-corrected chi connectivity index (χ3v) is 8.43. The predicted molar refractivity (Wildman–Crippen MR) is 124 cm³/mol. The normalized spacial score (nSPS) is 28.5. The topological polar surface area (TPSA) is 84.0 Å². The van der Waals surface area contributed by atoms with Crippen LogP contribution in [-0.2, 0) is 25.4 Å². The molecule has 3 fully saturated rings. The summed E-state index contributed by atoms with van der Waals surface area (Å²) in [5.74, 6) is -0.636. The Kier molecular flexibility index (Phi) is 6.76. The van der Waals surface area contributed by atoms with Gasteiger partial charge in [-0.3, -0.25) is 9.78 Å². The van der Waals surface area contributed by atoms with Gasteiger partial charge in [0, 0.05) is 43.9 Å². The average molecular weight is 489 g/mol. The molecular formula is C24H29FN4O4S. The van der Waals surface area contributed by atoms with Crippen molar-refractivity contribution in [2.45, 2.75) is 54.9 Å². The van der Waals surface area contributed by atoms with Crippen molar-refractivity contribution in [1.82, 2.24) is 19.7 Å². The zero-order valence-electron chi connectivity index (χ0n) is 19.1. The lowest BCUT2D eigenvalue weighted by Crippen LogP contribution is -2.67. The largest absolute Gasteiger partial charge is 0.350 e. The zero-order chi connectivity index (χ0) is 23.7. The molecule has 3 aliphatic rings. The summed E-state index contributed by atoms with van der Waals surface area (Å²) in [6.07, 6.45) is 5.16. The lowest BCUT2D eigenvalue weighted by molar-refractivity contribution is -0.204. The van der Waals surface area contributed by atoms with E-state index in [2.05, 4.69) is 15.4 Å². The molecule has 1 N–H and O–H groups in total. The Hall–Kier alpha value is -2.24. The van der Waals surface area contributed by atoms with E-state index in [0.717, 1.165) is 32.2 Å². The number of benzene rings is 1. The molecule has 3 saturated heterocycles. The number of likely N-dealkylation sites (N-methyl/N-ethyl adjacent to an activating group) is 1. The first kappa shape index (κ1) is 23.5. The summed E-state index contributed by atoms with van der Waals surface area (Å²) < 4.78 is 34.7. The van der Waals surface area contributed by atoms with Crippen LogP contribution in [0.3, 0.4) is 0 Å². The smallest absolute Gasteiger partial charge is 0.266 e. The lowest BCUT2D eigenvalue weighted by Gasteiger charge is -2.45. The van der Waals surface area contributed by atoms with Gasteiger partial charge in [-0.15, -0.1) is 0 Å². The molecular weight excluding hydrogens is 459 g/mol. The molecule has 8 nitrogen and oxygen atoms in total. The van der Waals surface area contributed by atoms with Crippen molar-refractivity contribution in [3.8, 4) is 11.3 Å². The standard InChI is InChI=1S/C24H29FN4O4S/c1-28-15-19-10-11-24(16-28,23(30)27-33-22-7-2-3-12-32-22)29(19)34(31)20-8-9-21(26-14-20)17-5-4-6-18(25)13-17/h4-6,8-9,13-14,19,22H,2-3,7,10-12,15-16H2,1H3,(H,27,30). The van der Waals surface area contributed by atoms with Crippen LogP contribution in [0.4, 0.5) is 4.39 Å². The maximum Gasteiger partial charge on any atom is 0.266 e. The van der Waals surface area contributed by atoms with Gasteiger partial charge >= 0.3 is 0 Å². The van der Waals surface area contributed by atoms with Crippen molar-refractivity contribution >= 4 is 16.9 Å². The number of rotatable bonds is 6. The van der Waals surface area contributed by atoms with Gasteiger partial charge in [0.15, 0.2) is 6.29 Å². The molecule has 4 heterocycles. The van der Waals surface area contributed by atoms with Crippen molar-refractivity contribution in [3.05, 3.63) is 48.4 Å². The molecule has 0 saturated carbocycles. The van der Waals surface area contributed by atoms with E-state index in [9.17, 15) is 13.4 Å². The number of piperazine rings is 1. The second-order valence-electron chi connectivity index (χ2n) is 9.23. The number of fused-ring (bicyclic) bond motifs is 2. The molecule has 2 aromatic rings. The van der Waals surface area contributed by atoms with Gasteiger partial charge in [-0.05, 0) is 57.0 Å². The first-order valence-electron chi connectivity index (χ1n) is 11.7. The number of aromatic nitrogens is 1. The summed E-state index contributed by atoms with van der Waals surface area (Å²) >= 11 is 0. The van der Waals surface area contributed by atoms with Crippen LogP contribution in [0.25, 0.3) is 11.3 Å². The number of amides is 1. The molecule has 0 spiro atoms. The fraction of sp³-hybridized carbons (Fsp3) is 0.500. The van der Waals surface area contributed by atoms with Gasteiger partial charge in [-0.25, -0.2) is 18.9 Å². The molecule has 1 aromatic heterocycles. The lowest BCUT2D eigenvalue weighted by atomic mass is 9.96. The van der Waals surface area contributed by atoms with E-state index >= 15 is 0 Å². The van der Waals surface area contributed by atoms with Crippen LogP contribution in [0.2, 0.25) is 0 Å². The summed E-state index contributed by atoms with van der Waals surface area (Å²) in [7, 11) is 0.376. The summed E-state index contributed by atoms with van der Waals surface area (Å²) in [6, 6.07) is 9.63. The second-order valence-corrected chi connectivity index (χ2v) is 10.6. The molecule has 4 atom stereocenters. The number of halogens is 1. The second kappa shape index (κ2) is 9.79. The van der Waals surface area contributed by atoms with Crippen molar-refractivity contribution < 1.29 is 23.0 Å². The van der Waals surface area contributed by atoms with Crippen molar-refractivity contribution in [1.29, 1.82) is 0 Å². The maximum absolute atomic E-state index is 13.8. The van der Waals surface area contributed by atoms with Crippen LogP contribution >= 0.6 is 0 Å². The van der Waals surface area contributed by atoms with Crippen LogP contribution in [-0.4, -0.2) is 68.9 Å². The fourth-order valence-corrected chi connectivity index (χ4v) is 6.73. The molecule has 5 rings (SSSR count). The highest BCUT2D eigenvalue weighted by Gasteiger charge is 2.58. The number of nitrogens with zero attached hydrogens (tertiary/aromatic N) is 3. The quantitative estimate of drug-likeness (QED) is 0.630. The minimum Gasteiger partial charge on any atom is -0.350 e. The number of likely N-dealkylation sites (tertiary alicyclic amines) is 1. The molecule has 0 aliphatic carbocycles. The van der Waals surface area contributed by atoms with Gasteiger partial charge < -0.3 is 9.64 Å². The van der Waals surface area contributed by atoms with E-state index in [4.69, 9.17) is 9.57 Å². The van der Waals surface area contributed by atoms with Crippen LogP contribution < -0.4 is 5.48 Å². The van der Waals surface area contributed by atoms with E-state index in [0.29, 0.717) is 35.7 Å². The number of hydrogen-bond acceptors (Lipinski definition) is 6. The highest BCUT2D eigenvalue weighted by Crippen LogP contribution is 2.41. The van der Waals surface area contributed by atoms with Gasteiger partial charge in [0.2, 0.25) is 0 Å². The first-order valence-corrected chi connectivity index (χ1v) is 12.8. The molecule has 3 aliphatic heterocycles. The summed E-state index contributed by atoms with van der Waals surface area (Å²) in [5.41, 5.74) is 2.88. The molecule has 182 valence electrons. The van der Waals surface area contributed by atoms with Gasteiger partial charge in [0.25, 0.3) is 5.91 Å². The first-order chi connectivity index (χ1) is 16.5. The number of ether oxygens (including phenoxy) is 1. The maximum atomic E-state index is 13.8. The monoisotopic (exact) mass is 488 g/mol. The molecule has 1 amide bonds. The number of hydrogen-bond donors (Lipinski definition) is 1. The molecule has 0 radical (unpaired) electrons. The Morgan fingerprint density at radius 2 is 2.18 bits per heavy atom. The van der Waals surface area contributed by atoms with E-state index in [1.807, 2.05) is 11.4 Å². The molecule has 10 heteroatoms. The van der Waals surface area contributed by atoms with Crippen molar-refractivity contribution in [2.24, 2.45) is 0 Å². The van der Waals surface area contributed by atoms with Crippen LogP contribution in [0, 0.1) is 5.82 Å². The number of carbonyl (C=O) groups is 1. The van der Waals surface area contributed by atoms with Crippen LogP contribution in [0.5, 0.6) is 0 Å². The molecule has 2 bridgehead atoms. The van der Waals surface area contributed by atoms with E-state index in [1.54, 1.807) is 30.5 Å². The van der Waals surface area contributed by atoms with Gasteiger partial charge in [-0.2, -0.15) is 4.31 Å². The Morgan fingerprint density at radius 3 is 2.91 bits per heavy atom. The van der Waals surface area contributed by atoms with Crippen LogP contribution in [0.1, 0.15) is 32.1 Å². The SMILES string of the molecule is CN1CC2CCC(C(=O)NOC3CCCCO3)(C1)N2S(=O)c1ccc(-c2cccc(F)c2)nc1. The fourth-order valence-electron chi connectivity index (χ4n) is 5.18. The number of hydroxylamine groups is 1. The Morgan fingerprint density at radius 1 is 1.29 bits per heavy atom. The summed E-state index contributed by atoms with van der Waals surface area (Å²) in [4.78, 5) is 26.0. The van der Waals surface area contributed by atoms with Gasteiger partial charge in [-0.1, -0.05) is 12.1 Å².